The number of amides is 1. The molecule has 24 heavy (non-hydrogen) atoms. The summed E-state index contributed by atoms with van der Waals surface area (Å²) in [6.45, 7) is 5.93. The molecule has 0 aliphatic rings. The van der Waals surface area contributed by atoms with Gasteiger partial charge in [-0.1, -0.05) is 12.1 Å². The summed E-state index contributed by atoms with van der Waals surface area (Å²) >= 11 is 0. The fraction of sp³-hybridized carbons (Fsp3) is 0.353. The van der Waals surface area contributed by atoms with E-state index in [-0.39, 0.29) is 5.69 Å². The minimum Gasteiger partial charge on any atom is -0.464 e. The molecular weight excluding hydrogens is 312 g/mol. The Bertz CT molecular complexity index is 701. The third kappa shape index (κ3) is 4.66. The first kappa shape index (κ1) is 17.7. The molecule has 0 aliphatic heterocycles. The zero-order chi connectivity index (χ0) is 17.7. The van der Waals surface area contributed by atoms with Gasteiger partial charge in [-0.25, -0.2) is 14.8 Å². The summed E-state index contributed by atoms with van der Waals surface area (Å²) in [5.74, 6) is -0.234. The summed E-state index contributed by atoms with van der Waals surface area (Å²) in [5.41, 5.74) is 1.25. The normalized spacial score (nSPS) is 11.2. The maximum Gasteiger partial charge on any atom is 0.360 e. The maximum absolute atomic E-state index is 11.4. The van der Waals surface area contributed by atoms with Crippen molar-refractivity contribution < 1.29 is 23.6 Å². The summed E-state index contributed by atoms with van der Waals surface area (Å²) < 4.78 is 9.86. The van der Waals surface area contributed by atoms with Gasteiger partial charge in [0.25, 0.3) is 0 Å². The van der Waals surface area contributed by atoms with Crippen LogP contribution in [-0.4, -0.2) is 35.1 Å². The van der Waals surface area contributed by atoms with Gasteiger partial charge in [0.2, 0.25) is 12.3 Å². The first-order valence-electron chi connectivity index (χ1n) is 7.36. The van der Waals surface area contributed by atoms with Gasteiger partial charge < -0.3 is 9.15 Å². The van der Waals surface area contributed by atoms with Gasteiger partial charge in [0.1, 0.15) is 6.26 Å². The van der Waals surface area contributed by atoms with Gasteiger partial charge in [0.05, 0.1) is 19.3 Å². The van der Waals surface area contributed by atoms with Crippen LogP contribution in [0, 0.1) is 0 Å². The number of esters is 1. The van der Waals surface area contributed by atoms with Crippen molar-refractivity contribution in [1.29, 1.82) is 0 Å². The third-order valence-electron chi connectivity index (χ3n) is 2.95. The van der Waals surface area contributed by atoms with Crippen molar-refractivity contribution >= 4 is 12.4 Å². The second kappa shape index (κ2) is 7.27. The molecule has 2 rings (SSSR count). The third-order valence-corrected chi connectivity index (χ3v) is 2.95. The van der Waals surface area contributed by atoms with Crippen molar-refractivity contribution in [1.82, 2.24) is 10.0 Å². The largest absolute Gasteiger partial charge is 0.464 e. The SMILES string of the molecule is COC(=O)c1coc(-c2ccc(CN(C=O)OC(C)(C)C)cc2)n1. The lowest BCUT2D eigenvalue weighted by Gasteiger charge is -2.26. The van der Waals surface area contributed by atoms with Crippen LogP contribution in [0.15, 0.2) is 34.9 Å². The van der Waals surface area contributed by atoms with Crippen LogP contribution in [0.1, 0.15) is 36.8 Å². The summed E-state index contributed by atoms with van der Waals surface area (Å²) in [6.07, 6.45) is 1.90. The van der Waals surface area contributed by atoms with E-state index < -0.39 is 11.6 Å². The highest BCUT2D eigenvalue weighted by atomic mass is 16.7. The summed E-state index contributed by atoms with van der Waals surface area (Å²) in [4.78, 5) is 32.1. The molecule has 128 valence electrons. The van der Waals surface area contributed by atoms with Crippen molar-refractivity contribution in [2.45, 2.75) is 32.9 Å². The number of hydrogen-bond donors (Lipinski definition) is 0. The molecule has 7 nitrogen and oxygen atoms in total. The van der Waals surface area contributed by atoms with E-state index in [4.69, 9.17) is 9.25 Å². The van der Waals surface area contributed by atoms with E-state index in [0.717, 1.165) is 5.56 Å². The monoisotopic (exact) mass is 332 g/mol. The zero-order valence-electron chi connectivity index (χ0n) is 14.1. The highest BCUT2D eigenvalue weighted by Gasteiger charge is 2.17. The molecule has 0 fully saturated rings. The number of aromatic nitrogens is 1. The molecule has 2 aromatic rings. The van der Waals surface area contributed by atoms with E-state index in [1.54, 1.807) is 12.1 Å². The number of hydroxylamine groups is 2. The second-order valence-electron chi connectivity index (χ2n) is 6.11. The second-order valence-corrected chi connectivity index (χ2v) is 6.11. The van der Waals surface area contributed by atoms with E-state index in [9.17, 15) is 9.59 Å². The molecular formula is C17H20N2O5. The maximum atomic E-state index is 11.4. The summed E-state index contributed by atoms with van der Waals surface area (Å²) in [7, 11) is 1.28. The number of methoxy groups -OCH3 is 1. The Morgan fingerprint density at radius 2 is 1.96 bits per heavy atom. The Hall–Kier alpha value is -2.67. The molecule has 7 heteroatoms. The lowest BCUT2D eigenvalue weighted by molar-refractivity contribution is -0.220. The van der Waals surface area contributed by atoms with Gasteiger partial charge in [0, 0.05) is 5.56 Å². The van der Waals surface area contributed by atoms with Crippen LogP contribution >= 0.6 is 0 Å². The molecule has 0 bridgehead atoms. The van der Waals surface area contributed by atoms with Crippen molar-refractivity contribution in [3.05, 3.63) is 41.8 Å². The van der Waals surface area contributed by atoms with E-state index in [1.807, 2.05) is 32.9 Å². The molecule has 0 aliphatic carbocycles. The van der Waals surface area contributed by atoms with Crippen LogP contribution in [0.25, 0.3) is 11.5 Å². The molecule has 0 N–H and O–H groups in total. The summed E-state index contributed by atoms with van der Waals surface area (Å²) in [6, 6.07) is 7.25. The number of carbonyl (C=O) groups is 2. The van der Waals surface area contributed by atoms with Gasteiger partial charge >= 0.3 is 5.97 Å². The first-order chi connectivity index (χ1) is 11.3. The number of carbonyl (C=O) groups excluding carboxylic acids is 2. The molecule has 0 radical (unpaired) electrons. The minimum absolute atomic E-state index is 0.113. The standard InChI is InChI=1S/C17H20N2O5/c1-17(2,3)24-19(11-20)9-12-5-7-13(8-6-12)15-18-14(10-23-15)16(21)22-4/h5-8,10-11H,9H2,1-4H3. The number of hydrogen-bond acceptors (Lipinski definition) is 6. The Balaban J connectivity index is 2.08. The highest BCUT2D eigenvalue weighted by molar-refractivity contribution is 5.87. The smallest absolute Gasteiger partial charge is 0.360 e. The van der Waals surface area contributed by atoms with Crippen LogP contribution < -0.4 is 0 Å². The van der Waals surface area contributed by atoms with Crippen LogP contribution in [0.5, 0.6) is 0 Å². The van der Waals surface area contributed by atoms with Crippen LogP contribution in [-0.2, 0) is 20.9 Å². The number of benzene rings is 1. The number of nitrogens with zero attached hydrogens (tertiary/aromatic N) is 2. The van der Waals surface area contributed by atoms with E-state index in [1.165, 1.54) is 18.4 Å². The van der Waals surface area contributed by atoms with Gasteiger partial charge in [-0.3, -0.25) is 9.63 Å². The first-order valence-corrected chi connectivity index (χ1v) is 7.36. The fourth-order valence-electron chi connectivity index (χ4n) is 1.98. The van der Waals surface area contributed by atoms with Gasteiger partial charge in [-0.15, -0.1) is 0 Å². The van der Waals surface area contributed by atoms with Crippen molar-refractivity contribution in [3.8, 4) is 11.5 Å². The molecule has 1 aromatic heterocycles. The van der Waals surface area contributed by atoms with Gasteiger partial charge in [-0.05, 0) is 38.5 Å². The lowest BCUT2D eigenvalue weighted by atomic mass is 10.1. The Morgan fingerprint density at radius 3 is 2.50 bits per heavy atom. The highest BCUT2D eigenvalue weighted by Crippen LogP contribution is 2.20. The summed E-state index contributed by atoms with van der Waals surface area (Å²) in [5, 5.41) is 1.25. The topological polar surface area (TPSA) is 81.9 Å². The van der Waals surface area contributed by atoms with Crippen LogP contribution in [0.4, 0.5) is 0 Å². The molecule has 0 spiro atoms. The Morgan fingerprint density at radius 1 is 1.29 bits per heavy atom. The predicted octanol–water partition coefficient (Wildman–Crippen LogP) is 2.82. The van der Waals surface area contributed by atoms with E-state index in [0.29, 0.717) is 24.4 Å². The van der Waals surface area contributed by atoms with E-state index >= 15 is 0 Å². The van der Waals surface area contributed by atoms with Crippen molar-refractivity contribution in [2.24, 2.45) is 0 Å². The molecule has 0 saturated heterocycles. The molecule has 1 aromatic carbocycles. The molecule has 0 atom stereocenters. The van der Waals surface area contributed by atoms with Crippen molar-refractivity contribution in [2.75, 3.05) is 7.11 Å². The number of ether oxygens (including phenoxy) is 1. The molecule has 1 amide bonds. The lowest BCUT2D eigenvalue weighted by Crippen LogP contribution is -2.32. The molecule has 0 saturated carbocycles. The Kier molecular flexibility index (Phi) is 5.35. The number of oxazole rings is 1. The van der Waals surface area contributed by atoms with Gasteiger partial charge in [0.15, 0.2) is 5.69 Å². The van der Waals surface area contributed by atoms with Crippen LogP contribution in [0.3, 0.4) is 0 Å². The average molecular weight is 332 g/mol. The fourth-order valence-corrected chi connectivity index (χ4v) is 1.98. The predicted molar refractivity (Wildman–Crippen MR) is 85.7 cm³/mol. The minimum atomic E-state index is -0.553. The van der Waals surface area contributed by atoms with Gasteiger partial charge in [-0.2, -0.15) is 0 Å². The zero-order valence-corrected chi connectivity index (χ0v) is 14.1. The van der Waals surface area contributed by atoms with E-state index in [2.05, 4.69) is 9.72 Å². The molecule has 1 heterocycles. The Labute approximate surface area is 140 Å². The van der Waals surface area contributed by atoms with Crippen molar-refractivity contribution in [3.63, 3.8) is 0 Å². The number of rotatable bonds is 6. The average Bonchev–Trinajstić information content (AvgIpc) is 3.03. The van der Waals surface area contributed by atoms with Crippen LogP contribution in [0.2, 0.25) is 0 Å². The quantitative estimate of drug-likeness (QED) is 0.459. The molecule has 0 unspecified atom stereocenters.